The predicted molar refractivity (Wildman–Crippen MR) is 127 cm³/mol. The van der Waals surface area contributed by atoms with Gasteiger partial charge in [-0.1, -0.05) is 0 Å². The minimum Gasteiger partial charge on any atom is -0.444 e. The molecule has 0 spiro atoms. The number of ether oxygens (including phenoxy) is 1. The average Bonchev–Trinajstić information content (AvgIpc) is 3.45. The van der Waals surface area contributed by atoms with E-state index in [0.717, 1.165) is 35.9 Å². The van der Waals surface area contributed by atoms with E-state index < -0.39 is 5.60 Å². The maximum atomic E-state index is 12.7. The van der Waals surface area contributed by atoms with Crippen LogP contribution in [0, 0.1) is 0 Å². The van der Waals surface area contributed by atoms with Crippen LogP contribution in [-0.2, 0) is 11.3 Å². The lowest BCUT2D eigenvalue weighted by molar-refractivity contribution is 0.00682. The number of hydrogen-bond donors (Lipinski definition) is 4. The Balaban J connectivity index is 1.31. The van der Waals surface area contributed by atoms with E-state index in [0.29, 0.717) is 23.3 Å². The molecule has 3 aromatic rings. The molecule has 11 heteroatoms. The molecular weight excluding hydrogens is 442 g/mol. The summed E-state index contributed by atoms with van der Waals surface area (Å²) in [6.45, 7) is 5.60. The van der Waals surface area contributed by atoms with Crippen molar-refractivity contribution in [2.75, 3.05) is 10.6 Å². The number of H-pyrrole nitrogens is 1. The van der Waals surface area contributed by atoms with Crippen LogP contribution in [-0.4, -0.2) is 60.0 Å². The molecule has 0 saturated carbocycles. The van der Waals surface area contributed by atoms with Crippen LogP contribution in [0.5, 0.6) is 0 Å². The monoisotopic (exact) mass is 471 g/mol. The molecule has 2 aliphatic rings. The molecule has 176 valence electrons. The smallest absolute Gasteiger partial charge is 0.410 e. The third-order valence-electron chi connectivity index (χ3n) is 6.04. The largest absolute Gasteiger partial charge is 0.444 e. The standard InChI is InChI=1S/C22H29N7O3S/c1-22(2,3)32-21(31)29-14-4-5-15(29)9-12(8-14)23-20-25-18(16-6-7-33-19(16)26-20)24-17-10-13(11-30)27-28-17/h6-7,10,12,14-15,30H,4-5,8-9,11H2,1-3H3,(H3,23,24,25,26,27,28)/t12?,14-,15+. The van der Waals surface area contributed by atoms with Crippen LogP contribution < -0.4 is 10.6 Å². The van der Waals surface area contributed by atoms with Crippen molar-refractivity contribution < 1.29 is 14.6 Å². The second kappa shape index (κ2) is 8.45. The molecular formula is C22H29N7O3S. The minimum absolute atomic E-state index is 0.108. The van der Waals surface area contributed by atoms with Gasteiger partial charge in [0.05, 0.1) is 17.7 Å². The molecule has 1 unspecified atom stereocenters. The zero-order valence-corrected chi connectivity index (χ0v) is 19.8. The van der Waals surface area contributed by atoms with Gasteiger partial charge < -0.3 is 25.4 Å². The van der Waals surface area contributed by atoms with Crippen molar-refractivity contribution in [3.8, 4) is 0 Å². The topological polar surface area (TPSA) is 128 Å². The fourth-order valence-corrected chi connectivity index (χ4v) is 5.50. The summed E-state index contributed by atoms with van der Waals surface area (Å²) in [4.78, 5) is 25.0. The molecule has 10 nitrogen and oxygen atoms in total. The summed E-state index contributed by atoms with van der Waals surface area (Å²) in [5.41, 5.74) is 0.129. The van der Waals surface area contributed by atoms with E-state index in [2.05, 4.69) is 20.8 Å². The Bertz CT molecular complexity index is 1140. The molecule has 4 N–H and O–H groups in total. The Kier molecular flexibility index (Phi) is 5.61. The first-order chi connectivity index (χ1) is 15.8. The van der Waals surface area contributed by atoms with E-state index in [1.807, 2.05) is 37.1 Å². The van der Waals surface area contributed by atoms with Crippen LogP contribution in [0.4, 0.5) is 22.4 Å². The van der Waals surface area contributed by atoms with Crippen molar-refractivity contribution in [3.05, 3.63) is 23.2 Å². The van der Waals surface area contributed by atoms with Gasteiger partial charge in [-0.25, -0.2) is 9.78 Å². The molecule has 33 heavy (non-hydrogen) atoms. The molecule has 5 rings (SSSR count). The SMILES string of the molecule is CC(C)(C)OC(=O)N1[C@@H]2CC[C@H]1CC(Nc1nc(Nc3cc(CO)[nH]n3)c3ccsc3n1)C2. The van der Waals surface area contributed by atoms with Gasteiger partial charge in [0.2, 0.25) is 5.95 Å². The first kappa shape index (κ1) is 21.9. The number of thiophene rings is 1. The fraction of sp³-hybridized carbons (Fsp3) is 0.545. The van der Waals surface area contributed by atoms with E-state index in [-0.39, 0.29) is 30.8 Å². The van der Waals surface area contributed by atoms with E-state index in [9.17, 15) is 9.90 Å². The maximum absolute atomic E-state index is 12.7. The normalized spacial score (nSPS) is 22.5. The third kappa shape index (κ3) is 4.60. The number of aliphatic hydroxyl groups is 1. The number of carbonyl (C=O) groups is 1. The van der Waals surface area contributed by atoms with Gasteiger partial charge in [0.15, 0.2) is 5.82 Å². The zero-order valence-electron chi connectivity index (χ0n) is 19.0. The number of anilines is 3. The lowest BCUT2D eigenvalue weighted by Gasteiger charge is -2.39. The molecule has 2 aliphatic heterocycles. The van der Waals surface area contributed by atoms with Gasteiger partial charge in [0, 0.05) is 24.2 Å². The van der Waals surface area contributed by atoms with Crippen molar-refractivity contribution >= 4 is 45.2 Å². The highest BCUT2D eigenvalue weighted by Crippen LogP contribution is 2.38. The highest BCUT2D eigenvalue weighted by molar-refractivity contribution is 7.16. The Morgan fingerprint density at radius 3 is 2.73 bits per heavy atom. The van der Waals surface area contributed by atoms with Gasteiger partial charge in [0.25, 0.3) is 0 Å². The van der Waals surface area contributed by atoms with Gasteiger partial charge in [-0.2, -0.15) is 10.1 Å². The quantitative estimate of drug-likeness (QED) is 0.440. The summed E-state index contributed by atoms with van der Waals surface area (Å²) in [5.74, 6) is 1.80. The number of carbonyl (C=O) groups excluding carboxylic acids is 1. The number of aliphatic hydroxyl groups excluding tert-OH is 1. The lowest BCUT2D eigenvalue weighted by atomic mass is 9.98. The highest BCUT2D eigenvalue weighted by Gasteiger charge is 2.45. The van der Waals surface area contributed by atoms with E-state index in [1.54, 1.807) is 17.4 Å². The summed E-state index contributed by atoms with van der Waals surface area (Å²) in [6, 6.07) is 4.24. The van der Waals surface area contributed by atoms with E-state index >= 15 is 0 Å². The number of aromatic nitrogens is 4. The first-order valence-corrected chi connectivity index (χ1v) is 12.1. The molecule has 2 fully saturated rings. The number of amides is 1. The van der Waals surface area contributed by atoms with Crippen LogP contribution in [0.2, 0.25) is 0 Å². The Morgan fingerprint density at radius 2 is 2.06 bits per heavy atom. The Hall–Kier alpha value is -2.92. The van der Waals surface area contributed by atoms with Crippen LogP contribution in [0.15, 0.2) is 17.5 Å². The first-order valence-electron chi connectivity index (χ1n) is 11.2. The number of hydrogen-bond acceptors (Lipinski definition) is 9. The average molecular weight is 472 g/mol. The lowest BCUT2D eigenvalue weighted by Crippen LogP contribution is -2.51. The summed E-state index contributed by atoms with van der Waals surface area (Å²) in [7, 11) is 0. The molecule has 0 aliphatic carbocycles. The molecule has 2 bridgehead atoms. The summed E-state index contributed by atoms with van der Waals surface area (Å²) in [6.07, 6.45) is 3.45. The van der Waals surface area contributed by atoms with Crippen molar-refractivity contribution in [1.82, 2.24) is 25.1 Å². The van der Waals surface area contributed by atoms with Gasteiger partial charge >= 0.3 is 6.09 Å². The molecule has 3 aromatic heterocycles. The highest BCUT2D eigenvalue weighted by atomic mass is 32.1. The molecule has 0 radical (unpaired) electrons. The van der Waals surface area contributed by atoms with Gasteiger partial charge in [-0.05, 0) is 57.9 Å². The van der Waals surface area contributed by atoms with Crippen molar-refractivity contribution in [2.24, 2.45) is 0 Å². The van der Waals surface area contributed by atoms with Crippen LogP contribution in [0.1, 0.15) is 52.1 Å². The van der Waals surface area contributed by atoms with E-state index in [1.165, 1.54) is 0 Å². The number of nitrogens with zero attached hydrogens (tertiary/aromatic N) is 4. The van der Waals surface area contributed by atoms with Crippen molar-refractivity contribution in [3.63, 3.8) is 0 Å². The van der Waals surface area contributed by atoms with E-state index in [4.69, 9.17) is 14.7 Å². The Labute approximate surface area is 195 Å². The number of aromatic amines is 1. The van der Waals surface area contributed by atoms with Crippen molar-refractivity contribution in [2.45, 2.75) is 76.8 Å². The maximum Gasteiger partial charge on any atom is 0.410 e. The predicted octanol–water partition coefficient (Wildman–Crippen LogP) is 3.99. The van der Waals surface area contributed by atoms with Gasteiger partial charge in [-0.3, -0.25) is 5.10 Å². The van der Waals surface area contributed by atoms with Crippen LogP contribution in [0.3, 0.4) is 0 Å². The molecule has 1 amide bonds. The molecule has 2 saturated heterocycles. The zero-order chi connectivity index (χ0) is 23.2. The van der Waals surface area contributed by atoms with Crippen LogP contribution in [0.25, 0.3) is 10.2 Å². The number of fused-ring (bicyclic) bond motifs is 3. The summed E-state index contributed by atoms with van der Waals surface area (Å²) >= 11 is 1.55. The summed E-state index contributed by atoms with van der Waals surface area (Å²) < 4.78 is 5.64. The van der Waals surface area contributed by atoms with Gasteiger partial charge in [0.1, 0.15) is 16.2 Å². The molecule has 5 heterocycles. The molecule has 0 aromatic carbocycles. The molecule has 3 atom stereocenters. The summed E-state index contributed by atoms with van der Waals surface area (Å²) in [5, 5.41) is 25.9. The number of rotatable bonds is 5. The van der Waals surface area contributed by atoms with Gasteiger partial charge in [-0.15, -0.1) is 11.3 Å². The third-order valence-corrected chi connectivity index (χ3v) is 6.85. The number of nitrogens with one attached hydrogen (secondary N) is 3. The van der Waals surface area contributed by atoms with Crippen LogP contribution >= 0.6 is 11.3 Å². The van der Waals surface area contributed by atoms with Crippen molar-refractivity contribution in [1.29, 1.82) is 0 Å². The second-order valence-electron chi connectivity index (χ2n) is 9.68. The fourth-order valence-electron chi connectivity index (χ4n) is 4.73. The Morgan fingerprint density at radius 1 is 1.30 bits per heavy atom. The second-order valence-corrected chi connectivity index (χ2v) is 10.6. The number of piperidine rings is 1. The minimum atomic E-state index is -0.495.